The molecule has 1 N–H and O–H groups in total. The molecule has 6 heteroatoms. The minimum absolute atomic E-state index is 0.0619. The number of aromatic nitrogens is 3. The number of halogens is 1. The summed E-state index contributed by atoms with van der Waals surface area (Å²) in [6, 6.07) is 10.0. The number of fused-ring (bicyclic) bond motifs is 1. The first-order valence-electron chi connectivity index (χ1n) is 7.73. The molecule has 0 unspecified atom stereocenters. The highest BCUT2D eigenvalue weighted by molar-refractivity contribution is 5.63. The number of benzene rings is 1. The molecule has 1 fully saturated rings. The van der Waals surface area contributed by atoms with Crippen molar-refractivity contribution in [3.8, 4) is 17.0 Å². The lowest BCUT2D eigenvalue weighted by Gasteiger charge is -2.04. The first-order valence-corrected chi connectivity index (χ1v) is 7.73. The molecule has 1 aliphatic carbocycles. The molecule has 0 aliphatic heterocycles. The van der Waals surface area contributed by atoms with Crippen LogP contribution in [0.5, 0.6) is 5.75 Å². The Morgan fingerprint density at radius 1 is 1.26 bits per heavy atom. The van der Waals surface area contributed by atoms with Crippen molar-refractivity contribution < 1.29 is 9.13 Å². The molecule has 2 aromatic heterocycles. The predicted octanol–water partition coefficient (Wildman–Crippen LogP) is 3.32. The molecular weight excluding hydrogens is 295 g/mol. The molecule has 118 valence electrons. The molecule has 1 aromatic carbocycles. The Labute approximate surface area is 133 Å². The number of alkyl halides is 1. The van der Waals surface area contributed by atoms with Gasteiger partial charge in [0, 0.05) is 24.0 Å². The van der Waals surface area contributed by atoms with Crippen LogP contribution in [0.2, 0.25) is 0 Å². The summed E-state index contributed by atoms with van der Waals surface area (Å²) in [6.45, 7) is -0.439. The zero-order chi connectivity index (χ0) is 15.6. The van der Waals surface area contributed by atoms with E-state index >= 15 is 0 Å². The molecule has 5 nitrogen and oxygen atoms in total. The van der Waals surface area contributed by atoms with E-state index in [9.17, 15) is 4.39 Å². The molecule has 0 radical (unpaired) electrons. The lowest BCUT2D eigenvalue weighted by atomic mass is 10.1. The van der Waals surface area contributed by atoms with Crippen molar-refractivity contribution in [1.29, 1.82) is 0 Å². The van der Waals surface area contributed by atoms with Crippen LogP contribution in [-0.4, -0.2) is 33.7 Å². The summed E-state index contributed by atoms with van der Waals surface area (Å²) >= 11 is 0. The fourth-order valence-corrected chi connectivity index (χ4v) is 2.43. The van der Waals surface area contributed by atoms with E-state index in [1.54, 1.807) is 0 Å². The first-order chi connectivity index (χ1) is 11.3. The van der Waals surface area contributed by atoms with Gasteiger partial charge >= 0.3 is 0 Å². The van der Waals surface area contributed by atoms with E-state index in [0.29, 0.717) is 17.6 Å². The molecule has 1 aliphatic rings. The zero-order valence-corrected chi connectivity index (χ0v) is 12.6. The third kappa shape index (κ3) is 3.11. The Morgan fingerprint density at radius 2 is 2.17 bits per heavy atom. The molecule has 4 rings (SSSR count). The fraction of sp³-hybridized carbons (Fsp3) is 0.294. The maximum absolute atomic E-state index is 12.2. The van der Waals surface area contributed by atoms with E-state index < -0.39 is 6.67 Å². The van der Waals surface area contributed by atoms with Crippen LogP contribution in [0.4, 0.5) is 10.2 Å². The van der Waals surface area contributed by atoms with E-state index in [1.807, 2.05) is 47.1 Å². The normalized spacial score (nSPS) is 14.1. The van der Waals surface area contributed by atoms with Crippen LogP contribution in [0.15, 0.2) is 42.7 Å². The largest absolute Gasteiger partial charge is 0.491 e. The summed E-state index contributed by atoms with van der Waals surface area (Å²) in [5.41, 5.74) is 1.73. The molecule has 3 aromatic rings. The van der Waals surface area contributed by atoms with Crippen LogP contribution in [0.3, 0.4) is 0 Å². The fourth-order valence-electron chi connectivity index (χ4n) is 2.43. The van der Waals surface area contributed by atoms with Crippen molar-refractivity contribution in [1.82, 2.24) is 14.4 Å². The van der Waals surface area contributed by atoms with Crippen molar-refractivity contribution in [3.63, 3.8) is 0 Å². The van der Waals surface area contributed by atoms with Crippen molar-refractivity contribution in [3.05, 3.63) is 42.7 Å². The number of ether oxygens (including phenoxy) is 1. The summed E-state index contributed by atoms with van der Waals surface area (Å²) in [6.07, 6.45) is 6.29. The van der Waals surface area contributed by atoms with Crippen LogP contribution < -0.4 is 10.1 Å². The average molecular weight is 312 g/mol. The minimum atomic E-state index is -0.501. The first kappa shape index (κ1) is 14.0. The number of rotatable bonds is 6. The maximum Gasteiger partial charge on any atom is 0.236 e. The smallest absolute Gasteiger partial charge is 0.236 e. The zero-order valence-electron chi connectivity index (χ0n) is 12.6. The third-order valence-corrected chi connectivity index (χ3v) is 3.73. The van der Waals surface area contributed by atoms with E-state index in [-0.39, 0.29) is 6.61 Å². The number of anilines is 1. The number of nitrogens with zero attached hydrogens (tertiary/aromatic N) is 3. The number of hydrogen-bond acceptors (Lipinski definition) is 4. The van der Waals surface area contributed by atoms with Gasteiger partial charge in [0.25, 0.3) is 0 Å². The van der Waals surface area contributed by atoms with Crippen molar-refractivity contribution >= 4 is 11.6 Å². The van der Waals surface area contributed by atoms with Gasteiger partial charge in [0.05, 0.1) is 5.69 Å². The SMILES string of the molecule is FCCOc1cccc(-c2cn3ccc(NC4CC4)nc3n2)c1. The third-order valence-electron chi connectivity index (χ3n) is 3.73. The Kier molecular flexibility index (Phi) is 3.57. The molecule has 0 saturated heterocycles. The van der Waals surface area contributed by atoms with Crippen molar-refractivity contribution in [2.24, 2.45) is 0 Å². The molecular formula is C17H17FN4O. The van der Waals surface area contributed by atoms with Crippen LogP contribution >= 0.6 is 0 Å². The van der Waals surface area contributed by atoms with Gasteiger partial charge in [0.1, 0.15) is 24.8 Å². The Hall–Kier alpha value is -2.63. The number of imidazole rings is 1. The Morgan fingerprint density at radius 3 is 3.00 bits per heavy atom. The van der Waals surface area contributed by atoms with Gasteiger partial charge in [-0.25, -0.2) is 9.37 Å². The van der Waals surface area contributed by atoms with Crippen LogP contribution in [-0.2, 0) is 0 Å². The Balaban J connectivity index is 1.62. The van der Waals surface area contributed by atoms with E-state index in [0.717, 1.165) is 17.1 Å². The summed E-state index contributed by atoms with van der Waals surface area (Å²) in [7, 11) is 0. The van der Waals surface area contributed by atoms with Crippen LogP contribution in [0.1, 0.15) is 12.8 Å². The highest BCUT2D eigenvalue weighted by atomic mass is 19.1. The van der Waals surface area contributed by atoms with Crippen LogP contribution in [0, 0.1) is 0 Å². The lowest BCUT2D eigenvalue weighted by molar-refractivity contribution is 0.273. The van der Waals surface area contributed by atoms with Crippen molar-refractivity contribution in [2.45, 2.75) is 18.9 Å². The highest BCUT2D eigenvalue weighted by Gasteiger charge is 2.21. The van der Waals surface area contributed by atoms with Gasteiger partial charge in [-0.2, -0.15) is 4.98 Å². The predicted molar refractivity (Wildman–Crippen MR) is 86.5 cm³/mol. The van der Waals surface area contributed by atoms with Gasteiger partial charge in [0.15, 0.2) is 0 Å². The van der Waals surface area contributed by atoms with E-state index in [4.69, 9.17) is 4.74 Å². The molecule has 0 spiro atoms. The lowest BCUT2D eigenvalue weighted by Crippen LogP contribution is -2.03. The highest BCUT2D eigenvalue weighted by Crippen LogP contribution is 2.25. The van der Waals surface area contributed by atoms with Gasteiger partial charge in [0.2, 0.25) is 5.78 Å². The van der Waals surface area contributed by atoms with Gasteiger partial charge in [-0.05, 0) is 31.0 Å². The second kappa shape index (κ2) is 5.87. The molecule has 2 heterocycles. The maximum atomic E-state index is 12.2. The number of nitrogens with one attached hydrogen (secondary N) is 1. The minimum Gasteiger partial charge on any atom is -0.491 e. The van der Waals surface area contributed by atoms with E-state index in [2.05, 4.69) is 15.3 Å². The van der Waals surface area contributed by atoms with Gasteiger partial charge in [-0.1, -0.05) is 12.1 Å². The summed E-state index contributed by atoms with van der Waals surface area (Å²) < 4.78 is 19.4. The second-order valence-electron chi connectivity index (χ2n) is 5.63. The molecule has 0 bridgehead atoms. The summed E-state index contributed by atoms with van der Waals surface area (Å²) in [5.74, 6) is 2.15. The van der Waals surface area contributed by atoms with Gasteiger partial charge in [-0.15, -0.1) is 0 Å². The molecule has 1 saturated carbocycles. The molecule has 0 amide bonds. The topological polar surface area (TPSA) is 51.5 Å². The monoisotopic (exact) mass is 312 g/mol. The van der Waals surface area contributed by atoms with Crippen molar-refractivity contribution in [2.75, 3.05) is 18.6 Å². The number of hydrogen-bond donors (Lipinski definition) is 1. The van der Waals surface area contributed by atoms with Gasteiger partial charge < -0.3 is 10.1 Å². The summed E-state index contributed by atoms with van der Waals surface area (Å²) in [5, 5.41) is 3.37. The summed E-state index contributed by atoms with van der Waals surface area (Å²) in [4.78, 5) is 9.11. The second-order valence-corrected chi connectivity index (χ2v) is 5.63. The quantitative estimate of drug-likeness (QED) is 0.758. The molecule has 23 heavy (non-hydrogen) atoms. The van der Waals surface area contributed by atoms with E-state index in [1.165, 1.54) is 12.8 Å². The average Bonchev–Trinajstić information content (AvgIpc) is 3.28. The standard InChI is InChI=1S/C17H17FN4O/c18-7-9-23-14-3-1-2-12(10-14)15-11-22-8-6-16(19-13-4-5-13)21-17(22)20-15/h1-3,6,8,10-11,13H,4-5,7,9H2,(H,19,20,21). The van der Waals surface area contributed by atoms with Gasteiger partial charge in [-0.3, -0.25) is 4.40 Å². The molecule has 0 atom stereocenters. The Bertz CT molecular complexity index is 828. The van der Waals surface area contributed by atoms with Crippen LogP contribution in [0.25, 0.3) is 17.0 Å².